The molecule has 0 radical (unpaired) electrons. The summed E-state index contributed by atoms with van der Waals surface area (Å²) in [5, 5.41) is 28.9. The fourth-order valence-corrected chi connectivity index (χ4v) is 10.4. The van der Waals surface area contributed by atoms with Crippen molar-refractivity contribution in [2.24, 2.45) is 16.7 Å². The summed E-state index contributed by atoms with van der Waals surface area (Å²) in [6, 6.07) is 14.4. The number of carbonyl (C=O) groups excluding carboxylic acids is 7. The molecule has 3 aliphatic carbocycles. The molecule has 4 aliphatic rings. The first-order valence-electron chi connectivity index (χ1n) is 22.1. The van der Waals surface area contributed by atoms with Crippen molar-refractivity contribution in [1.82, 2.24) is 5.32 Å². The smallest absolute Gasteiger partial charge is 0.408 e. The van der Waals surface area contributed by atoms with E-state index in [-0.39, 0.29) is 35.3 Å². The lowest BCUT2D eigenvalue weighted by atomic mass is 9.44. The minimum atomic E-state index is -2.39. The molecule has 0 aromatic heterocycles. The van der Waals surface area contributed by atoms with Crippen LogP contribution in [0.15, 0.2) is 71.8 Å². The third kappa shape index (κ3) is 9.64. The van der Waals surface area contributed by atoms with Gasteiger partial charge in [0, 0.05) is 32.3 Å². The van der Waals surface area contributed by atoms with E-state index in [0.29, 0.717) is 0 Å². The maximum atomic E-state index is 15.4. The number of hydrogen-bond donors (Lipinski definition) is 3. The highest BCUT2D eigenvalue weighted by Crippen LogP contribution is 2.64. The van der Waals surface area contributed by atoms with Crippen LogP contribution in [0.5, 0.6) is 0 Å². The molecule has 2 aromatic rings. The summed E-state index contributed by atoms with van der Waals surface area (Å²) in [5.74, 6) is -6.73. The van der Waals surface area contributed by atoms with E-state index in [9.17, 15) is 39.0 Å². The predicted octanol–water partition coefficient (Wildman–Crippen LogP) is 4.07. The van der Waals surface area contributed by atoms with Crippen LogP contribution in [0.3, 0.4) is 0 Å². The Bertz CT molecular complexity index is 2270. The van der Waals surface area contributed by atoms with Gasteiger partial charge in [-0.05, 0) is 70.4 Å². The van der Waals surface area contributed by atoms with E-state index >= 15 is 4.79 Å². The Kier molecular flexibility index (Phi) is 14.6. The van der Waals surface area contributed by atoms with Crippen LogP contribution in [0.1, 0.15) is 97.1 Å². The van der Waals surface area contributed by atoms with Crippen LogP contribution in [-0.2, 0) is 61.9 Å². The number of nitrogens with one attached hydrogen (secondary N) is 1. The van der Waals surface area contributed by atoms with E-state index in [1.807, 2.05) is 0 Å². The van der Waals surface area contributed by atoms with Crippen molar-refractivity contribution in [2.45, 2.75) is 135 Å². The second-order valence-corrected chi connectivity index (χ2v) is 19.4. The molecule has 3 N–H and O–H groups in total. The molecule has 3 fully saturated rings. The number of ketones is 2. The molecule has 6 rings (SSSR count). The molecule has 2 bridgehead atoms. The van der Waals surface area contributed by atoms with Crippen LogP contribution < -0.4 is 5.32 Å². The zero-order valence-corrected chi connectivity index (χ0v) is 39.4. The summed E-state index contributed by atoms with van der Waals surface area (Å²) in [5.41, 5.74) is -8.22. The van der Waals surface area contributed by atoms with Gasteiger partial charge in [0.25, 0.3) is 0 Å². The van der Waals surface area contributed by atoms with Gasteiger partial charge in [-0.1, -0.05) is 62.4 Å². The maximum absolute atomic E-state index is 15.4. The van der Waals surface area contributed by atoms with Gasteiger partial charge in [-0.2, -0.15) is 0 Å². The monoisotopic (exact) mass is 935 g/mol. The number of Topliss-reactive ketones (excluding diaryl/α,β-unsaturated/α-hetero) is 2. The summed E-state index contributed by atoms with van der Waals surface area (Å²) in [4.78, 5) is 96.2. The van der Waals surface area contributed by atoms with Crippen LogP contribution in [0.25, 0.3) is 0 Å². The number of hydrogen-bond acceptors (Lipinski definition) is 17. The Labute approximate surface area is 388 Å². The number of fused-ring (bicyclic) bond motifs is 5. The van der Waals surface area contributed by atoms with Gasteiger partial charge in [-0.25, -0.2) is 19.2 Å². The van der Waals surface area contributed by atoms with Gasteiger partial charge in [0.1, 0.15) is 54.9 Å². The van der Waals surface area contributed by atoms with Crippen molar-refractivity contribution < 1.29 is 81.7 Å². The maximum Gasteiger partial charge on any atom is 0.408 e. The molecule has 1 aliphatic heterocycles. The average molecular weight is 936 g/mol. The first-order valence-corrected chi connectivity index (χ1v) is 22.1. The molecular weight excluding hydrogens is 875 g/mol. The van der Waals surface area contributed by atoms with Crippen LogP contribution in [0, 0.1) is 16.7 Å². The van der Waals surface area contributed by atoms with Crippen LogP contribution in [0.4, 0.5) is 4.79 Å². The lowest BCUT2D eigenvalue weighted by molar-refractivity contribution is -0.347. The van der Waals surface area contributed by atoms with Crippen LogP contribution in [-0.4, -0.2) is 132 Å². The van der Waals surface area contributed by atoms with Gasteiger partial charge < -0.3 is 53.4 Å². The average Bonchev–Trinajstić information content (AvgIpc) is 3.24. The number of aliphatic hydroxyl groups is 2. The summed E-state index contributed by atoms with van der Waals surface area (Å²) in [6.07, 6.45) is -10.8. The molecule has 11 atom stereocenters. The number of ether oxygens (including phenoxy) is 8. The molecule has 2 saturated carbocycles. The number of methoxy groups -OCH3 is 1. The van der Waals surface area contributed by atoms with E-state index < -0.39 is 137 Å². The highest BCUT2D eigenvalue weighted by atomic mass is 16.6. The quantitative estimate of drug-likeness (QED) is 0.137. The first-order chi connectivity index (χ1) is 31.3. The number of aliphatic hydroxyl groups excluding tert-OH is 1. The van der Waals surface area contributed by atoms with Crippen molar-refractivity contribution in [2.75, 3.05) is 26.9 Å². The van der Waals surface area contributed by atoms with Crippen molar-refractivity contribution in [1.29, 1.82) is 0 Å². The Morgan fingerprint density at radius 3 is 2.10 bits per heavy atom. The molecular formula is C49H61NO17. The largest absolute Gasteiger partial charge is 0.455 e. The standard InChI is InChI=1S/C49H61NO17/c1-26(51)23-61-24-34(53)64-38(36(29-17-13-11-14-18-29)50-44(58)67-45(4,5)6)43(57)63-31-22-49(59)41(65-42(56)30-19-15-12-16-20-30)39-47(9,40(55)37(54)35(27(31)2)46(49,7)8)32(60-10)21-33-48(39,25-62-33)66-28(3)52/h11-20,31-33,36-39,41,54,59H,21-25H2,1-10H3,(H,50,58)/t31-,32-,33?,36-,37+,38+,39?,41-,47+,48-,49+/m0/s1. The molecule has 0 spiro atoms. The van der Waals surface area contributed by atoms with Gasteiger partial charge in [-0.3, -0.25) is 14.4 Å². The predicted molar refractivity (Wildman–Crippen MR) is 234 cm³/mol. The van der Waals surface area contributed by atoms with Gasteiger partial charge in [-0.15, -0.1) is 0 Å². The third-order valence-corrected chi connectivity index (χ3v) is 13.6. The van der Waals surface area contributed by atoms with Crippen LogP contribution in [0.2, 0.25) is 0 Å². The zero-order valence-electron chi connectivity index (χ0n) is 39.4. The molecule has 2 unspecified atom stereocenters. The van der Waals surface area contributed by atoms with Crippen LogP contribution >= 0.6 is 0 Å². The van der Waals surface area contributed by atoms with E-state index in [1.54, 1.807) is 83.1 Å². The molecule has 1 saturated heterocycles. The number of esters is 4. The lowest BCUT2D eigenvalue weighted by Crippen LogP contribution is -2.82. The highest BCUT2D eigenvalue weighted by Gasteiger charge is 2.78. The number of benzene rings is 2. The summed E-state index contributed by atoms with van der Waals surface area (Å²) in [7, 11) is 1.37. The number of rotatable bonds is 14. The Morgan fingerprint density at radius 1 is 0.925 bits per heavy atom. The summed E-state index contributed by atoms with van der Waals surface area (Å²) in [6.45, 7) is 11.9. The third-order valence-electron chi connectivity index (χ3n) is 13.6. The lowest BCUT2D eigenvalue weighted by Gasteiger charge is -2.67. The topological polar surface area (TPSA) is 246 Å². The molecule has 364 valence electrons. The van der Waals surface area contributed by atoms with E-state index in [2.05, 4.69) is 5.32 Å². The second kappa shape index (κ2) is 19.2. The molecule has 1 amide bonds. The Balaban J connectivity index is 1.53. The number of carbonyl (C=O) groups is 7. The second-order valence-electron chi connectivity index (χ2n) is 19.4. The SMILES string of the molecule is CO[C@H]1CC2OC[C@@]2(OC(C)=O)C2[C@H](OC(=O)c3ccccc3)[C@]3(O)C[C@H](OC(=O)[C@H](OC(=O)COCC(C)=O)[C@@H](NC(=O)OC(C)(C)C)c4ccccc4)C(C)=C([C@@H](O)C(=O)[C@@]21C)C3(C)C. The van der Waals surface area contributed by atoms with E-state index in [0.717, 1.165) is 0 Å². The van der Waals surface area contributed by atoms with E-state index in [4.69, 9.17) is 37.9 Å². The molecule has 18 nitrogen and oxygen atoms in total. The van der Waals surface area contributed by atoms with Gasteiger partial charge in [0.15, 0.2) is 17.2 Å². The van der Waals surface area contributed by atoms with Crippen molar-refractivity contribution >= 4 is 41.5 Å². The summed E-state index contributed by atoms with van der Waals surface area (Å²) >= 11 is 0. The fraction of sp³-hybridized carbons (Fsp3) is 0.571. The van der Waals surface area contributed by atoms with Gasteiger partial charge >= 0.3 is 30.0 Å². The Morgan fingerprint density at radius 2 is 1.55 bits per heavy atom. The highest BCUT2D eigenvalue weighted by molar-refractivity contribution is 5.94. The normalized spacial score (nSPS) is 30.6. The molecule has 1 heterocycles. The van der Waals surface area contributed by atoms with E-state index in [1.165, 1.54) is 46.9 Å². The minimum absolute atomic E-state index is 0.0223. The Hall–Kier alpha value is -5.53. The van der Waals surface area contributed by atoms with Crippen molar-refractivity contribution in [3.05, 3.63) is 82.9 Å². The molecule has 18 heteroatoms. The first kappa shape index (κ1) is 50.9. The molecule has 67 heavy (non-hydrogen) atoms. The molecule has 2 aromatic carbocycles. The fourth-order valence-electron chi connectivity index (χ4n) is 10.4. The minimum Gasteiger partial charge on any atom is -0.455 e. The zero-order chi connectivity index (χ0) is 49.4. The van der Waals surface area contributed by atoms with Gasteiger partial charge in [0.05, 0.1) is 29.6 Å². The number of amides is 1. The number of alkyl carbamates (subject to hydrolysis) is 1. The van der Waals surface area contributed by atoms with Gasteiger partial charge in [0.2, 0.25) is 6.10 Å². The van der Waals surface area contributed by atoms with Crippen molar-refractivity contribution in [3.63, 3.8) is 0 Å². The van der Waals surface area contributed by atoms with Crippen molar-refractivity contribution in [3.8, 4) is 0 Å². The summed E-state index contributed by atoms with van der Waals surface area (Å²) < 4.78 is 47.2.